The molecule has 2 saturated heterocycles. The monoisotopic (exact) mass is 286 g/mol. The van der Waals surface area contributed by atoms with Gasteiger partial charge >= 0.3 is 0 Å². The predicted molar refractivity (Wildman–Crippen MR) is 74.7 cm³/mol. The van der Waals surface area contributed by atoms with Gasteiger partial charge in [0.15, 0.2) is 0 Å². The molecule has 0 amide bonds. The van der Waals surface area contributed by atoms with Crippen molar-refractivity contribution < 1.29 is 13.9 Å². The molecule has 3 heterocycles. The molecular weight excluding hydrogens is 268 g/mol. The summed E-state index contributed by atoms with van der Waals surface area (Å²) in [6.45, 7) is 1.50. The molecule has 0 bridgehead atoms. The maximum Gasteiger partial charge on any atom is 0.245 e. The first-order chi connectivity index (χ1) is 10.4. The van der Waals surface area contributed by atoms with Crippen molar-refractivity contribution in [1.29, 1.82) is 0 Å². The van der Waals surface area contributed by atoms with Crippen molar-refractivity contribution in [3.05, 3.63) is 47.7 Å². The number of nitrogens with zero attached hydrogens (tertiary/aromatic N) is 2. The molecule has 0 aliphatic carbocycles. The van der Waals surface area contributed by atoms with Gasteiger partial charge in [-0.3, -0.25) is 0 Å². The van der Waals surface area contributed by atoms with Gasteiger partial charge in [-0.1, -0.05) is 30.3 Å². The van der Waals surface area contributed by atoms with E-state index in [4.69, 9.17) is 13.9 Å². The first-order valence-corrected chi connectivity index (χ1v) is 7.53. The molecule has 2 fully saturated rings. The predicted octanol–water partition coefficient (Wildman–Crippen LogP) is 3.17. The highest BCUT2D eigenvalue weighted by Gasteiger charge is 2.35. The third kappa shape index (κ3) is 2.47. The highest BCUT2D eigenvalue weighted by molar-refractivity contribution is 5.21. The van der Waals surface area contributed by atoms with Gasteiger partial charge in [-0.25, -0.2) is 0 Å². The molecule has 1 aromatic carbocycles. The van der Waals surface area contributed by atoms with Crippen molar-refractivity contribution in [2.24, 2.45) is 0 Å². The summed E-state index contributed by atoms with van der Waals surface area (Å²) in [6, 6.07) is 10.2. The second kappa shape index (κ2) is 5.58. The lowest BCUT2D eigenvalue weighted by molar-refractivity contribution is 0.0832. The first-order valence-electron chi connectivity index (χ1n) is 7.53. The minimum atomic E-state index is -0.0243. The van der Waals surface area contributed by atoms with Crippen molar-refractivity contribution in [3.8, 4) is 0 Å². The Morgan fingerprint density at radius 3 is 2.57 bits per heavy atom. The van der Waals surface area contributed by atoms with Gasteiger partial charge in [-0.15, -0.1) is 10.2 Å². The zero-order valence-electron chi connectivity index (χ0n) is 11.8. The SMILES string of the molecule is c1ccc([C@H]2OCC[C@@H]2c2nnc([C@@H]3CCCO3)o2)cc1. The van der Waals surface area contributed by atoms with Crippen LogP contribution in [-0.4, -0.2) is 23.4 Å². The fourth-order valence-corrected chi connectivity index (χ4v) is 3.11. The van der Waals surface area contributed by atoms with Crippen LogP contribution in [0.1, 0.15) is 54.7 Å². The van der Waals surface area contributed by atoms with Crippen LogP contribution < -0.4 is 0 Å². The van der Waals surface area contributed by atoms with E-state index in [1.165, 1.54) is 0 Å². The maximum absolute atomic E-state index is 5.88. The van der Waals surface area contributed by atoms with Crippen LogP contribution in [0.2, 0.25) is 0 Å². The molecule has 2 aliphatic rings. The van der Waals surface area contributed by atoms with Crippen LogP contribution in [-0.2, 0) is 9.47 Å². The smallest absolute Gasteiger partial charge is 0.245 e. The van der Waals surface area contributed by atoms with Gasteiger partial charge in [0, 0.05) is 13.2 Å². The Labute approximate surface area is 123 Å². The number of rotatable bonds is 3. The summed E-state index contributed by atoms with van der Waals surface area (Å²) >= 11 is 0. The number of hydrogen-bond donors (Lipinski definition) is 0. The summed E-state index contributed by atoms with van der Waals surface area (Å²) in [5, 5.41) is 8.42. The molecule has 3 atom stereocenters. The van der Waals surface area contributed by atoms with E-state index in [-0.39, 0.29) is 18.1 Å². The highest BCUT2D eigenvalue weighted by atomic mass is 16.5. The Morgan fingerprint density at radius 2 is 1.76 bits per heavy atom. The Balaban J connectivity index is 1.57. The zero-order chi connectivity index (χ0) is 14.1. The lowest BCUT2D eigenvalue weighted by Crippen LogP contribution is -2.06. The molecular formula is C16H18N2O3. The van der Waals surface area contributed by atoms with E-state index in [0.717, 1.165) is 38.0 Å². The van der Waals surface area contributed by atoms with Gasteiger partial charge in [0.2, 0.25) is 11.8 Å². The van der Waals surface area contributed by atoms with Gasteiger partial charge < -0.3 is 13.9 Å². The van der Waals surface area contributed by atoms with Gasteiger partial charge in [-0.05, 0) is 24.8 Å². The van der Waals surface area contributed by atoms with E-state index in [0.29, 0.717) is 11.8 Å². The summed E-state index contributed by atoms with van der Waals surface area (Å²) in [5.41, 5.74) is 1.16. The number of aromatic nitrogens is 2. The molecule has 0 radical (unpaired) electrons. The fraction of sp³-hybridized carbons (Fsp3) is 0.500. The van der Waals surface area contributed by atoms with Crippen LogP contribution in [0.3, 0.4) is 0 Å². The molecule has 2 aromatic rings. The van der Waals surface area contributed by atoms with Crippen molar-refractivity contribution in [3.63, 3.8) is 0 Å². The second-order valence-corrected chi connectivity index (χ2v) is 5.58. The molecule has 5 nitrogen and oxygen atoms in total. The number of hydrogen-bond acceptors (Lipinski definition) is 5. The average molecular weight is 286 g/mol. The lowest BCUT2D eigenvalue weighted by Gasteiger charge is -2.15. The molecule has 0 N–H and O–H groups in total. The minimum absolute atomic E-state index is 0.00370. The normalized spacial score (nSPS) is 29.0. The molecule has 0 unspecified atom stereocenters. The fourth-order valence-electron chi connectivity index (χ4n) is 3.11. The second-order valence-electron chi connectivity index (χ2n) is 5.58. The van der Waals surface area contributed by atoms with E-state index < -0.39 is 0 Å². The highest BCUT2D eigenvalue weighted by Crippen LogP contribution is 2.41. The van der Waals surface area contributed by atoms with Crippen LogP contribution in [0.15, 0.2) is 34.7 Å². The topological polar surface area (TPSA) is 57.4 Å². The zero-order valence-corrected chi connectivity index (χ0v) is 11.8. The number of benzene rings is 1. The molecule has 2 aliphatic heterocycles. The Morgan fingerprint density at radius 1 is 0.905 bits per heavy atom. The summed E-state index contributed by atoms with van der Waals surface area (Å²) in [6.07, 6.45) is 2.91. The van der Waals surface area contributed by atoms with Gasteiger partial charge in [0.1, 0.15) is 6.10 Å². The molecule has 110 valence electrons. The Kier molecular flexibility index (Phi) is 3.45. The third-order valence-corrected chi connectivity index (χ3v) is 4.20. The summed E-state index contributed by atoms with van der Waals surface area (Å²) < 4.78 is 17.4. The molecule has 5 heteroatoms. The van der Waals surface area contributed by atoms with Crippen molar-refractivity contribution in [1.82, 2.24) is 10.2 Å². The van der Waals surface area contributed by atoms with Crippen LogP contribution in [0, 0.1) is 0 Å². The quantitative estimate of drug-likeness (QED) is 0.867. The largest absolute Gasteiger partial charge is 0.422 e. The van der Waals surface area contributed by atoms with Crippen molar-refractivity contribution in [2.75, 3.05) is 13.2 Å². The molecule has 0 spiro atoms. The van der Waals surface area contributed by atoms with E-state index in [1.807, 2.05) is 18.2 Å². The van der Waals surface area contributed by atoms with Crippen LogP contribution in [0.25, 0.3) is 0 Å². The van der Waals surface area contributed by atoms with Gasteiger partial charge in [0.25, 0.3) is 0 Å². The summed E-state index contributed by atoms with van der Waals surface area (Å²) in [7, 11) is 0. The standard InChI is InChI=1S/C16H18N2O3/c1-2-5-11(6-3-1)14-12(8-10-20-14)15-17-18-16(21-15)13-7-4-9-19-13/h1-3,5-6,12-14H,4,7-10H2/t12-,13-,14+/m0/s1. The summed E-state index contributed by atoms with van der Waals surface area (Å²) in [4.78, 5) is 0. The Bertz CT molecular complexity index is 593. The Hall–Kier alpha value is -1.72. The lowest BCUT2D eigenvalue weighted by atomic mass is 9.95. The molecule has 0 saturated carbocycles. The van der Waals surface area contributed by atoms with Crippen LogP contribution in [0.4, 0.5) is 0 Å². The van der Waals surface area contributed by atoms with Crippen molar-refractivity contribution >= 4 is 0 Å². The molecule has 4 rings (SSSR count). The average Bonchev–Trinajstić information content (AvgIpc) is 3.27. The molecule has 21 heavy (non-hydrogen) atoms. The van der Waals surface area contributed by atoms with E-state index >= 15 is 0 Å². The van der Waals surface area contributed by atoms with Gasteiger partial charge in [-0.2, -0.15) is 0 Å². The first kappa shape index (κ1) is 13.0. The molecule has 1 aromatic heterocycles. The summed E-state index contributed by atoms with van der Waals surface area (Å²) in [5.74, 6) is 1.42. The van der Waals surface area contributed by atoms with Gasteiger partial charge in [0.05, 0.1) is 12.0 Å². The maximum atomic E-state index is 5.88. The third-order valence-electron chi connectivity index (χ3n) is 4.20. The van der Waals surface area contributed by atoms with Crippen LogP contribution in [0.5, 0.6) is 0 Å². The van der Waals surface area contributed by atoms with E-state index in [2.05, 4.69) is 22.3 Å². The van der Waals surface area contributed by atoms with E-state index in [9.17, 15) is 0 Å². The van der Waals surface area contributed by atoms with Crippen molar-refractivity contribution in [2.45, 2.75) is 37.4 Å². The van der Waals surface area contributed by atoms with E-state index in [1.54, 1.807) is 0 Å². The van der Waals surface area contributed by atoms with Crippen LogP contribution >= 0.6 is 0 Å². The minimum Gasteiger partial charge on any atom is -0.422 e. The number of ether oxygens (including phenoxy) is 2.